The van der Waals surface area contributed by atoms with Gasteiger partial charge in [0.2, 0.25) is 0 Å². The maximum Gasteiger partial charge on any atom is 0.262 e. The van der Waals surface area contributed by atoms with Crippen LogP contribution in [0.2, 0.25) is 0 Å². The molecule has 0 aliphatic heterocycles. The van der Waals surface area contributed by atoms with Crippen LogP contribution in [-0.2, 0) is 11.4 Å². The fraction of sp³-hybridized carbons (Fsp3) is 0.143. The van der Waals surface area contributed by atoms with Crippen molar-refractivity contribution in [1.29, 1.82) is 0 Å². The number of ether oxygens (including phenoxy) is 1. The first-order valence-corrected chi connectivity index (χ1v) is 5.91. The average molecular weight is 276 g/mol. The molecule has 1 aromatic carbocycles. The summed E-state index contributed by atoms with van der Waals surface area (Å²) in [5.41, 5.74) is 0.998. The van der Waals surface area contributed by atoms with E-state index in [4.69, 9.17) is 9.84 Å². The molecule has 0 spiro atoms. The van der Waals surface area contributed by atoms with E-state index in [1.807, 2.05) is 0 Å². The standard InChI is InChI=1S/C14H13FN2O3/c15-11-1-3-12(4-2-11)20-9-14(19)17-13-7-16-6-5-10(13)8-18/h1-7,18H,8-9H2,(H,17,19). The van der Waals surface area contributed by atoms with Crippen molar-refractivity contribution in [1.82, 2.24) is 4.98 Å². The number of rotatable bonds is 5. The molecule has 0 unspecified atom stereocenters. The topological polar surface area (TPSA) is 71.5 Å². The van der Waals surface area contributed by atoms with E-state index in [2.05, 4.69) is 10.3 Å². The molecule has 0 fully saturated rings. The third-order valence-corrected chi connectivity index (χ3v) is 2.54. The van der Waals surface area contributed by atoms with Gasteiger partial charge in [-0.1, -0.05) is 0 Å². The minimum atomic E-state index is -0.392. The summed E-state index contributed by atoms with van der Waals surface area (Å²) in [5.74, 6) is -0.364. The van der Waals surface area contributed by atoms with Gasteiger partial charge in [0.15, 0.2) is 6.61 Å². The maximum absolute atomic E-state index is 12.7. The molecule has 2 N–H and O–H groups in total. The highest BCUT2D eigenvalue weighted by atomic mass is 19.1. The number of benzene rings is 1. The highest BCUT2D eigenvalue weighted by molar-refractivity contribution is 5.92. The number of hydrogen-bond donors (Lipinski definition) is 2. The third-order valence-electron chi connectivity index (χ3n) is 2.54. The lowest BCUT2D eigenvalue weighted by atomic mass is 10.2. The molecule has 0 saturated heterocycles. The first kappa shape index (κ1) is 14.0. The molecule has 0 saturated carbocycles. The summed E-state index contributed by atoms with van der Waals surface area (Å²) < 4.78 is 17.9. The zero-order chi connectivity index (χ0) is 14.4. The first-order valence-electron chi connectivity index (χ1n) is 5.91. The van der Waals surface area contributed by atoms with Crippen LogP contribution in [0.3, 0.4) is 0 Å². The van der Waals surface area contributed by atoms with Crippen LogP contribution >= 0.6 is 0 Å². The van der Waals surface area contributed by atoms with E-state index in [0.717, 1.165) is 0 Å². The Morgan fingerprint density at radius 1 is 1.30 bits per heavy atom. The highest BCUT2D eigenvalue weighted by Gasteiger charge is 2.07. The molecule has 1 aromatic heterocycles. The first-order chi connectivity index (χ1) is 9.69. The van der Waals surface area contributed by atoms with E-state index in [1.54, 1.807) is 6.07 Å². The Kier molecular flexibility index (Phi) is 4.62. The summed E-state index contributed by atoms with van der Waals surface area (Å²) in [4.78, 5) is 15.6. The number of aliphatic hydroxyl groups excluding tert-OH is 1. The van der Waals surface area contributed by atoms with E-state index in [9.17, 15) is 9.18 Å². The van der Waals surface area contributed by atoms with Crippen molar-refractivity contribution in [2.45, 2.75) is 6.61 Å². The second-order valence-corrected chi connectivity index (χ2v) is 3.98. The van der Waals surface area contributed by atoms with Gasteiger partial charge >= 0.3 is 0 Å². The number of aromatic nitrogens is 1. The van der Waals surface area contributed by atoms with Crippen molar-refractivity contribution < 1.29 is 19.0 Å². The Hall–Kier alpha value is -2.47. The summed E-state index contributed by atoms with van der Waals surface area (Å²) in [6.07, 6.45) is 2.97. The molecule has 1 amide bonds. The van der Waals surface area contributed by atoms with Crippen molar-refractivity contribution in [3.8, 4) is 5.75 Å². The van der Waals surface area contributed by atoms with Gasteiger partial charge in [0, 0.05) is 11.8 Å². The smallest absolute Gasteiger partial charge is 0.262 e. The van der Waals surface area contributed by atoms with Gasteiger partial charge in [0.05, 0.1) is 18.5 Å². The molecule has 2 rings (SSSR count). The summed E-state index contributed by atoms with van der Waals surface area (Å²) >= 11 is 0. The normalized spacial score (nSPS) is 10.1. The Balaban J connectivity index is 1.91. The summed E-state index contributed by atoms with van der Waals surface area (Å²) in [5, 5.41) is 11.7. The lowest BCUT2D eigenvalue weighted by Crippen LogP contribution is -2.21. The summed E-state index contributed by atoms with van der Waals surface area (Å²) in [7, 11) is 0. The number of pyridine rings is 1. The molecule has 20 heavy (non-hydrogen) atoms. The Morgan fingerprint density at radius 2 is 2.05 bits per heavy atom. The number of aliphatic hydroxyl groups is 1. The predicted octanol–water partition coefficient (Wildman–Crippen LogP) is 1.73. The molecule has 0 atom stereocenters. The summed E-state index contributed by atoms with van der Waals surface area (Å²) in [6.45, 7) is -0.414. The molecule has 1 heterocycles. The molecule has 2 aromatic rings. The van der Waals surface area contributed by atoms with Gasteiger partial charge in [-0.25, -0.2) is 4.39 Å². The zero-order valence-corrected chi connectivity index (χ0v) is 10.5. The van der Waals surface area contributed by atoms with E-state index in [-0.39, 0.29) is 19.0 Å². The lowest BCUT2D eigenvalue weighted by molar-refractivity contribution is -0.118. The fourth-order valence-corrected chi connectivity index (χ4v) is 1.54. The van der Waals surface area contributed by atoms with Crippen molar-refractivity contribution in [2.75, 3.05) is 11.9 Å². The van der Waals surface area contributed by atoms with Gasteiger partial charge in [-0.3, -0.25) is 9.78 Å². The Morgan fingerprint density at radius 3 is 2.75 bits per heavy atom. The number of nitrogens with zero attached hydrogens (tertiary/aromatic N) is 1. The van der Waals surface area contributed by atoms with Crippen LogP contribution in [0.4, 0.5) is 10.1 Å². The van der Waals surface area contributed by atoms with Gasteiger partial charge in [-0.2, -0.15) is 0 Å². The molecular formula is C14H13FN2O3. The molecule has 0 bridgehead atoms. The van der Waals surface area contributed by atoms with Crippen LogP contribution in [0.25, 0.3) is 0 Å². The predicted molar refractivity (Wildman–Crippen MR) is 70.7 cm³/mol. The number of anilines is 1. The maximum atomic E-state index is 12.7. The molecule has 104 valence electrons. The molecule has 0 aliphatic carbocycles. The van der Waals surface area contributed by atoms with E-state index < -0.39 is 5.91 Å². The number of carbonyl (C=O) groups excluding carboxylic acids is 1. The highest BCUT2D eigenvalue weighted by Crippen LogP contribution is 2.14. The van der Waals surface area contributed by atoms with Crippen LogP contribution in [0.1, 0.15) is 5.56 Å². The Labute approximate surface area is 115 Å². The molecule has 6 heteroatoms. The van der Waals surface area contributed by atoms with E-state index in [0.29, 0.717) is 17.0 Å². The monoisotopic (exact) mass is 276 g/mol. The molecule has 0 radical (unpaired) electrons. The quantitative estimate of drug-likeness (QED) is 0.872. The van der Waals surface area contributed by atoms with Crippen LogP contribution in [0, 0.1) is 5.82 Å². The Bertz CT molecular complexity index is 587. The number of halogens is 1. The zero-order valence-electron chi connectivity index (χ0n) is 10.5. The number of hydrogen-bond acceptors (Lipinski definition) is 4. The minimum Gasteiger partial charge on any atom is -0.484 e. The van der Waals surface area contributed by atoms with Crippen molar-refractivity contribution >= 4 is 11.6 Å². The van der Waals surface area contributed by atoms with Crippen molar-refractivity contribution in [3.63, 3.8) is 0 Å². The lowest BCUT2D eigenvalue weighted by Gasteiger charge is -2.09. The fourth-order valence-electron chi connectivity index (χ4n) is 1.54. The van der Waals surface area contributed by atoms with Gasteiger partial charge in [-0.15, -0.1) is 0 Å². The molecular weight excluding hydrogens is 263 g/mol. The van der Waals surface area contributed by atoms with Crippen LogP contribution in [-0.4, -0.2) is 22.6 Å². The van der Waals surface area contributed by atoms with Gasteiger partial charge in [-0.05, 0) is 30.3 Å². The minimum absolute atomic E-state index is 0.197. The van der Waals surface area contributed by atoms with Crippen molar-refractivity contribution in [2.24, 2.45) is 0 Å². The number of amides is 1. The third kappa shape index (κ3) is 3.76. The molecule has 5 nitrogen and oxygen atoms in total. The van der Waals surface area contributed by atoms with E-state index >= 15 is 0 Å². The van der Waals surface area contributed by atoms with Gasteiger partial charge in [0.1, 0.15) is 11.6 Å². The number of nitrogens with one attached hydrogen (secondary N) is 1. The van der Waals surface area contributed by atoms with E-state index in [1.165, 1.54) is 36.7 Å². The molecule has 0 aliphatic rings. The SMILES string of the molecule is O=C(COc1ccc(F)cc1)Nc1cnccc1CO. The van der Waals surface area contributed by atoms with Crippen LogP contribution in [0.15, 0.2) is 42.7 Å². The summed E-state index contributed by atoms with van der Waals surface area (Å²) in [6, 6.07) is 6.98. The van der Waals surface area contributed by atoms with Gasteiger partial charge in [0.25, 0.3) is 5.91 Å². The van der Waals surface area contributed by atoms with Gasteiger partial charge < -0.3 is 15.2 Å². The number of carbonyl (C=O) groups is 1. The largest absolute Gasteiger partial charge is 0.484 e. The average Bonchev–Trinajstić information content (AvgIpc) is 2.47. The second-order valence-electron chi connectivity index (χ2n) is 3.98. The van der Waals surface area contributed by atoms with Crippen LogP contribution in [0.5, 0.6) is 5.75 Å². The van der Waals surface area contributed by atoms with Crippen molar-refractivity contribution in [3.05, 3.63) is 54.1 Å². The second kappa shape index (κ2) is 6.63. The van der Waals surface area contributed by atoms with Crippen LogP contribution < -0.4 is 10.1 Å².